The van der Waals surface area contributed by atoms with Crippen LogP contribution in [0, 0.1) is 0 Å². The molecule has 1 fully saturated rings. The van der Waals surface area contributed by atoms with Crippen molar-refractivity contribution >= 4 is 11.9 Å². The molecule has 2 aliphatic rings. The fraction of sp³-hybridized carbons (Fsp3) is 0.444. The molecule has 9 nitrogen and oxygen atoms in total. The summed E-state index contributed by atoms with van der Waals surface area (Å²) in [7, 11) is 0. The molecule has 4 rings (SSSR count). The van der Waals surface area contributed by atoms with Gasteiger partial charge in [-0.25, -0.2) is 4.79 Å². The summed E-state index contributed by atoms with van der Waals surface area (Å²) < 4.78 is 1.39. The summed E-state index contributed by atoms with van der Waals surface area (Å²) in [6.45, 7) is 1.79. The fourth-order valence-electron chi connectivity index (χ4n) is 3.84. The maximum absolute atomic E-state index is 11.9. The van der Waals surface area contributed by atoms with Crippen molar-refractivity contribution in [3.63, 3.8) is 0 Å². The zero-order valence-corrected chi connectivity index (χ0v) is 15.8. The zero-order chi connectivity index (χ0) is 19.0. The number of β-amino-alcohol motifs (C(OH)–C–C–N with tert-alkyl or cyclic N) is 1. The van der Waals surface area contributed by atoms with Gasteiger partial charge in [0.1, 0.15) is 5.69 Å². The number of piperazine rings is 1. The number of carboxylic acid groups (broad SMARTS) is 1. The van der Waals surface area contributed by atoms with E-state index in [9.17, 15) is 19.8 Å². The first-order chi connectivity index (χ1) is 13.0. The number of aliphatic hydroxyl groups is 1. The Bertz CT molecular complexity index is 906. The van der Waals surface area contributed by atoms with Crippen molar-refractivity contribution in [2.24, 2.45) is 0 Å². The number of carboxylic acids is 1. The molecule has 1 amide bonds. The summed E-state index contributed by atoms with van der Waals surface area (Å²) in [4.78, 5) is 29.3. The van der Waals surface area contributed by atoms with Gasteiger partial charge >= 0.3 is 24.8 Å². The topological polar surface area (TPSA) is 121 Å². The number of hydrogen-bond acceptors (Lipinski definition) is 6. The van der Waals surface area contributed by atoms with Crippen molar-refractivity contribution in [3.05, 3.63) is 35.3 Å². The van der Waals surface area contributed by atoms with Gasteiger partial charge in [-0.05, 0) is 24.5 Å². The second-order valence-electron chi connectivity index (χ2n) is 6.93. The van der Waals surface area contributed by atoms with Gasteiger partial charge in [0.05, 0.1) is 24.9 Å². The van der Waals surface area contributed by atoms with E-state index in [1.54, 1.807) is 12.4 Å². The Kier molecular flexibility index (Phi) is 6.20. The van der Waals surface area contributed by atoms with Gasteiger partial charge in [-0.2, -0.15) is 5.10 Å². The van der Waals surface area contributed by atoms with E-state index < -0.39 is 12.1 Å². The molecule has 1 unspecified atom stereocenters. The van der Waals surface area contributed by atoms with Gasteiger partial charge in [-0.3, -0.25) is 19.4 Å². The minimum Gasteiger partial charge on any atom is -1.00 e. The van der Waals surface area contributed by atoms with Crippen LogP contribution in [0.3, 0.4) is 0 Å². The molecule has 3 heterocycles. The second-order valence-corrected chi connectivity index (χ2v) is 6.93. The number of pyridine rings is 1. The number of aliphatic hydroxyl groups excluding tert-OH is 1. The number of aryl methyl sites for hydroxylation is 1. The average Bonchev–Trinajstić information content (AvgIpc) is 3.00. The van der Waals surface area contributed by atoms with Gasteiger partial charge in [0.2, 0.25) is 5.91 Å². The number of rotatable bonds is 5. The fourth-order valence-corrected chi connectivity index (χ4v) is 3.84. The molecule has 1 saturated heterocycles. The molecule has 144 valence electrons. The number of fused-ring (bicyclic) bond motifs is 3. The molecule has 0 aromatic carbocycles. The Balaban J connectivity index is 0.00000150. The van der Waals surface area contributed by atoms with Crippen molar-refractivity contribution in [1.29, 1.82) is 0 Å². The van der Waals surface area contributed by atoms with Crippen LogP contribution in [-0.2, 0) is 24.2 Å². The normalized spacial score (nSPS) is 17.1. The SMILES string of the molecule is O=C1CN(CC(O)Cn2nc3c(c2C(=O)O)CCc2cnccc2-3)CCN1.[H-].[Li+]. The largest absolute Gasteiger partial charge is 1.00 e. The molecule has 2 aromatic heterocycles. The summed E-state index contributed by atoms with van der Waals surface area (Å²) in [6, 6.07) is 1.85. The van der Waals surface area contributed by atoms with Crippen LogP contribution in [0.25, 0.3) is 11.3 Å². The van der Waals surface area contributed by atoms with Crippen LogP contribution in [0.1, 0.15) is 23.0 Å². The van der Waals surface area contributed by atoms with Crippen LogP contribution in [0.15, 0.2) is 18.5 Å². The van der Waals surface area contributed by atoms with E-state index >= 15 is 0 Å². The quantitative estimate of drug-likeness (QED) is 0.464. The summed E-state index contributed by atoms with van der Waals surface area (Å²) in [5.74, 6) is -1.12. The van der Waals surface area contributed by atoms with E-state index in [2.05, 4.69) is 15.4 Å². The second kappa shape index (κ2) is 8.45. The van der Waals surface area contributed by atoms with Crippen LogP contribution in [-0.4, -0.2) is 74.0 Å². The predicted molar refractivity (Wildman–Crippen MR) is 96.4 cm³/mol. The number of aromatic nitrogens is 3. The van der Waals surface area contributed by atoms with E-state index in [0.29, 0.717) is 37.2 Å². The Labute approximate surface area is 175 Å². The Hall–Kier alpha value is -2.18. The molecule has 3 N–H and O–H groups in total. The molecule has 1 atom stereocenters. The molecule has 0 saturated carbocycles. The van der Waals surface area contributed by atoms with Gasteiger partial charge in [-0.1, -0.05) is 0 Å². The summed E-state index contributed by atoms with van der Waals surface area (Å²) >= 11 is 0. The number of nitrogens with zero attached hydrogens (tertiary/aromatic N) is 4. The van der Waals surface area contributed by atoms with E-state index in [0.717, 1.165) is 11.1 Å². The van der Waals surface area contributed by atoms with Crippen LogP contribution < -0.4 is 24.2 Å². The summed E-state index contributed by atoms with van der Waals surface area (Å²) in [5.41, 5.74) is 3.43. The third kappa shape index (κ3) is 3.98. The maximum atomic E-state index is 11.9. The predicted octanol–water partition coefficient (Wildman–Crippen LogP) is -3.35. The van der Waals surface area contributed by atoms with E-state index in [1.165, 1.54) is 4.68 Å². The number of carbonyl (C=O) groups is 2. The monoisotopic (exact) mass is 379 g/mol. The summed E-state index contributed by atoms with van der Waals surface area (Å²) in [6.07, 6.45) is 3.93. The third-order valence-electron chi connectivity index (χ3n) is 5.03. The van der Waals surface area contributed by atoms with Crippen molar-refractivity contribution in [2.75, 3.05) is 26.2 Å². The van der Waals surface area contributed by atoms with Gasteiger partial charge in [0, 0.05) is 43.2 Å². The summed E-state index contributed by atoms with van der Waals surface area (Å²) in [5, 5.41) is 27.4. The molecule has 0 radical (unpaired) electrons. The smallest absolute Gasteiger partial charge is 1.00 e. The third-order valence-corrected chi connectivity index (χ3v) is 5.03. The molecular formula is C18H22LiN5O4. The zero-order valence-electron chi connectivity index (χ0n) is 16.8. The van der Waals surface area contributed by atoms with Crippen LogP contribution in [0.5, 0.6) is 0 Å². The number of carbonyl (C=O) groups excluding carboxylic acids is 1. The van der Waals surface area contributed by atoms with Crippen molar-refractivity contribution in [3.8, 4) is 11.3 Å². The van der Waals surface area contributed by atoms with E-state index in [1.807, 2.05) is 11.0 Å². The molecule has 2 aromatic rings. The molecular weight excluding hydrogens is 357 g/mol. The van der Waals surface area contributed by atoms with Gasteiger partial charge in [-0.15, -0.1) is 0 Å². The standard InChI is InChI=1S/C18H21N5O4.Li.H/c24-12(8-22-6-5-20-15(25)10-22)9-23-17(18(26)27)14-2-1-11-7-19-4-3-13(11)16(14)21-23;;/h3-4,7,12,24H,1-2,5-6,8-10H2,(H,20,25)(H,26,27);;/q;+1;-1. The minimum absolute atomic E-state index is 0. The van der Waals surface area contributed by atoms with Gasteiger partial charge in [0.25, 0.3) is 0 Å². The van der Waals surface area contributed by atoms with Crippen molar-refractivity contribution in [1.82, 2.24) is 25.0 Å². The average molecular weight is 379 g/mol. The molecule has 0 spiro atoms. The first-order valence-electron chi connectivity index (χ1n) is 8.96. The minimum atomic E-state index is -1.05. The molecule has 28 heavy (non-hydrogen) atoms. The van der Waals surface area contributed by atoms with Gasteiger partial charge in [0.15, 0.2) is 0 Å². The maximum Gasteiger partial charge on any atom is 1.00 e. The molecule has 1 aliphatic heterocycles. The van der Waals surface area contributed by atoms with E-state index in [-0.39, 0.29) is 51.5 Å². The Morgan fingerprint density at radius 1 is 1.36 bits per heavy atom. The van der Waals surface area contributed by atoms with Crippen molar-refractivity contribution in [2.45, 2.75) is 25.5 Å². The Morgan fingerprint density at radius 3 is 2.93 bits per heavy atom. The number of nitrogens with one attached hydrogen (secondary N) is 1. The van der Waals surface area contributed by atoms with Crippen LogP contribution in [0.2, 0.25) is 0 Å². The van der Waals surface area contributed by atoms with Gasteiger partial charge < -0.3 is 17.0 Å². The number of amides is 1. The number of hydrogen-bond donors (Lipinski definition) is 3. The first-order valence-corrected chi connectivity index (χ1v) is 8.96. The van der Waals surface area contributed by atoms with Crippen molar-refractivity contribution < 1.29 is 40.1 Å². The van der Waals surface area contributed by atoms with Crippen LogP contribution >= 0.6 is 0 Å². The molecule has 0 bridgehead atoms. The van der Waals surface area contributed by atoms with E-state index in [4.69, 9.17) is 0 Å². The molecule has 10 heteroatoms. The molecule has 1 aliphatic carbocycles. The number of aromatic carboxylic acids is 1. The Morgan fingerprint density at radius 2 is 2.18 bits per heavy atom. The first kappa shape index (κ1) is 20.5. The van der Waals surface area contributed by atoms with Crippen LogP contribution in [0.4, 0.5) is 0 Å².